The predicted octanol–water partition coefficient (Wildman–Crippen LogP) is 2.40. The van der Waals surface area contributed by atoms with Crippen LogP contribution in [0.5, 0.6) is 0 Å². The van der Waals surface area contributed by atoms with Gasteiger partial charge in [-0.3, -0.25) is 9.79 Å². The Hall–Kier alpha value is -1.30. The van der Waals surface area contributed by atoms with Crippen LogP contribution in [0.2, 0.25) is 0 Å². The lowest BCUT2D eigenvalue weighted by Gasteiger charge is -2.31. The second-order valence-corrected chi connectivity index (χ2v) is 7.61. The summed E-state index contributed by atoms with van der Waals surface area (Å²) in [6.07, 6.45) is 7.67. The Morgan fingerprint density at radius 2 is 1.81 bits per heavy atom. The number of hydrogen-bond donors (Lipinski definition) is 2. The van der Waals surface area contributed by atoms with E-state index in [9.17, 15) is 4.79 Å². The number of likely N-dealkylation sites (tertiary alicyclic amines) is 1. The molecule has 0 bridgehead atoms. The summed E-state index contributed by atoms with van der Waals surface area (Å²) >= 11 is 0. The zero-order valence-corrected chi connectivity index (χ0v) is 16.9. The van der Waals surface area contributed by atoms with Crippen molar-refractivity contribution in [3.63, 3.8) is 0 Å². The quantitative estimate of drug-likeness (QED) is 0.411. The number of esters is 1. The predicted molar refractivity (Wildman–Crippen MR) is 106 cm³/mol. The van der Waals surface area contributed by atoms with E-state index in [1.165, 1.54) is 38.9 Å². The molecular weight excluding hydrogens is 328 g/mol. The SMILES string of the molecule is CCOC(=O)C1CCC(NC(=NC)NCCC2CCN(CC)CC2)CC1. The van der Waals surface area contributed by atoms with Gasteiger partial charge in [0.25, 0.3) is 0 Å². The van der Waals surface area contributed by atoms with Crippen LogP contribution < -0.4 is 10.6 Å². The van der Waals surface area contributed by atoms with Crippen LogP contribution >= 0.6 is 0 Å². The van der Waals surface area contributed by atoms with E-state index in [0.29, 0.717) is 12.6 Å². The molecule has 2 rings (SSSR count). The number of rotatable bonds is 7. The maximum atomic E-state index is 11.8. The van der Waals surface area contributed by atoms with Crippen LogP contribution in [0.1, 0.15) is 58.8 Å². The van der Waals surface area contributed by atoms with E-state index in [1.807, 2.05) is 14.0 Å². The van der Waals surface area contributed by atoms with Crippen LogP contribution in [0.4, 0.5) is 0 Å². The molecule has 0 aromatic rings. The number of carbonyl (C=O) groups excluding carboxylic acids is 1. The van der Waals surface area contributed by atoms with E-state index in [2.05, 4.69) is 27.4 Å². The first-order chi connectivity index (χ1) is 12.7. The third kappa shape index (κ3) is 6.78. The summed E-state index contributed by atoms with van der Waals surface area (Å²) in [5, 5.41) is 7.01. The number of ether oxygens (including phenoxy) is 1. The Balaban J connectivity index is 1.62. The highest BCUT2D eigenvalue weighted by Gasteiger charge is 2.27. The van der Waals surface area contributed by atoms with Gasteiger partial charge in [0.1, 0.15) is 0 Å². The van der Waals surface area contributed by atoms with Crippen molar-refractivity contribution in [3.05, 3.63) is 0 Å². The lowest BCUT2D eigenvalue weighted by Crippen LogP contribution is -2.46. The molecule has 150 valence electrons. The first-order valence-electron chi connectivity index (χ1n) is 10.5. The topological polar surface area (TPSA) is 66.0 Å². The van der Waals surface area contributed by atoms with E-state index in [4.69, 9.17) is 4.74 Å². The molecule has 0 atom stereocenters. The van der Waals surface area contributed by atoms with E-state index in [1.54, 1.807) is 0 Å². The van der Waals surface area contributed by atoms with Crippen molar-refractivity contribution in [2.75, 3.05) is 39.8 Å². The van der Waals surface area contributed by atoms with Gasteiger partial charge in [0.2, 0.25) is 0 Å². The van der Waals surface area contributed by atoms with Crippen LogP contribution in [0, 0.1) is 11.8 Å². The fourth-order valence-electron chi connectivity index (χ4n) is 4.11. The van der Waals surface area contributed by atoms with Gasteiger partial charge in [-0.25, -0.2) is 0 Å². The minimum absolute atomic E-state index is 0.0254. The van der Waals surface area contributed by atoms with E-state index in [0.717, 1.165) is 44.1 Å². The summed E-state index contributed by atoms with van der Waals surface area (Å²) in [6.45, 7) is 9.25. The summed E-state index contributed by atoms with van der Waals surface area (Å²) in [5.41, 5.74) is 0. The van der Waals surface area contributed by atoms with Crippen molar-refractivity contribution >= 4 is 11.9 Å². The van der Waals surface area contributed by atoms with E-state index < -0.39 is 0 Å². The molecule has 0 radical (unpaired) electrons. The molecule has 6 nitrogen and oxygen atoms in total. The zero-order valence-electron chi connectivity index (χ0n) is 16.9. The smallest absolute Gasteiger partial charge is 0.308 e. The van der Waals surface area contributed by atoms with Gasteiger partial charge in [-0.05, 0) is 77.4 Å². The molecule has 0 unspecified atom stereocenters. The van der Waals surface area contributed by atoms with E-state index in [-0.39, 0.29) is 11.9 Å². The fourth-order valence-corrected chi connectivity index (χ4v) is 4.11. The number of guanidine groups is 1. The molecule has 1 saturated carbocycles. The molecule has 0 spiro atoms. The van der Waals surface area contributed by atoms with E-state index >= 15 is 0 Å². The lowest BCUT2D eigenvalue weighted by atomic mass is 9.86. The summed E-state index contributed by atoms with van der Waals surface area (Å²) in [5.74, 6) is 1.79. The van der Waals surface area contributed by atoms with Gasteiger partial charge in [-0.1, -0.05) is 6.92 Å². The first kappa shape index (κ1) is 21.0. The Kier molecular flexibility index (Phi) is 9.23. The average molecular weight is 367 g/mol. The van der Waals surface area contributed by atoms with Crippen LogP contribution in [0.3, 0.4) is 0 Å². The van der Waals surface area contributed by atoms with Gasteiger partial charge < -0.3 is 20.3 Å². The highest BCUT2D eigenvalue weighted by molar-refractivity contribution is 5.80. The minimum Gasteiger partial charge on any atom is -0.466 e. The summed E-state index contributed by atoms with van der Waals surface area (Å²) in [6, 6.07) is 0.402. The Labute approximate surface area is 159 Å². The van der Waals surface area contributed by atoms with Crippen molar-refractivity contribution < 1.29 is 9.53 Å². The van der Waals surface area contributed by atoms with Gasteiger partial charge in [-0.2, -0.15) is 0 Å². The number of aliphatic imine (C=N–C) groups is 1. The number of nitrogens with one attached hydrogen (secondary N) is 2. The van der Waals surface area contributed by atoms with Crippen LogP contribution in [-0.2, 0) is 9.53 Å². The van der Waals surface area contributed by atoms with Crippen molar-refractivity contribution in [2.24, 2.45) is 16.8 Å². The summed E-state index contributed by atoms with van der Waals surface area (Å²) < 4.78 is 5.14. The van der Waals surface area contributed by atoms with Crippen molar-refractivity contribution in [1.82, 2.24) is 15.5 Å². The summed E-state index contributed by atoms with van der Waals surface area (Å²) in [4.78, 5) is 18.7. The van der Waals surface area contributed by atoms with Crippen molar-refractivity contribution in [3.8, 4) is 0 Å². The molecular formula is C20H38N4O2. The molecule has 0 aromatic heterocycles. The molecule has 0 amide bonds. The number of carbonyl (C=O) groups is 1. The van der Waals surface area contributed by atoms with Gasteiger partial charge >= 0.3 is 5.97 Å². The molecule has 2 N–H and O–H groups in total. The van der Waals surface area contributed by atoms with Gasteiger partial charge in [0.15, 0.2) is 5.96 Å². The van der Waals surface area contributed by atoms with Gasteiger partial charge in [0, 0.05) is 19.6 Å². The second kappa shape index (κ2) is 11.4. The van der Waals surface area contributed by atoms with Crippen molar-refractivity contribution in [1.29, 1.82) is 0 Å². The number of piperidine rings is 1. The molecule has 1 aliphatic carbocycles. The van der Waals surface area contributed by atoms with Crippen LogP contribution in [-0.4, -0.2) is 62.7 Å². The van der Waals surface area contributed by atoms with Gasteiger partial charge in [-0.15, -0.1) is 0 Å². The molecule has 2 fully saturated rings. The van der Waals surface area contributed by atoms with Crippen LogP contribution in [0.25, 0.3) is 0 Å². The maximum absolute atomic E-state index is 11.8. The molecule has 26 heavy (non-hydrogen) atoms. The second-order valence-electron chi connectivity index (χ2n) is 7.61. The normalized spacial score (nSPS) is 25.7. The molecule has 0 aromatic carbocycles. The van der Waals surface area contributed by atoms with Crippen molar-refractivity contribution in [2.45, 2.75) is 64.8 Å². The van der Waals surface area contributed by atoms with Crippen LogP contribution in [0.15, 0.2) is 4.99 Å². The molecule has 2 aliphatic rings. The standard InChI is InChI=1S/C20H38N4O2/c1-4-24-14-11-16(12-15-24)10-13-22-20(21-3)23-18-8-6-17(7-9-18)19(25)26-5-2/h16-18H,4-15H2,1-3H3,(H2,21,22,23). The molecule has 1 heterocycles. The third-order valence-corrected chi connectivity index (χ3v) is 5.91. The average Bonchev–Trinajstić information content (AvgIpc) is 2.68. The lowest BCUT2D eigenvalue weighted by molar-refractivity contribution is -0.149. The highest BCUT2D eigenvalue weighted by atomic mass is 16.5. The molecule has 1 aliphatic heterocycles. The monoisotopic (exact) mass is 366 g/mol. The first-order valence-corrected chi connectivity index (χ1v) is 10.5. The van der Waals surface area contributed by atoms with Gasteiger partial charge in [0.05, 0.1) is 12.5 Å². The largest absolute Gasteiger partial charge is 0.466 e. The Bertz CT molecular complexity index is 439. The minimum atomic E-state index is -0.0254. The molecule has 1 saturated heterocycles. The summed E-state index contributed by atoms with van der Waals surface area (Å²) in [7, 11) is 1.83. The third-order valence-electron chi connectivity index (χ3n) is 5.91. The zero-order chi connectivity index (χ0) is 18.8. The fraction of sp³-hybridized carbons (Fsp3) is 0.900. The Morgan fingerprint density at radius 3 is 2.38 bits per heavy atom. The maximum Gasteiger partial charge on any atom is 0.308 e. The number of nitrogens with zero attached hydrogens (tertiary/aromatic N) is 2. The number of hydrogen-bond acceptors (Lipinski definition) is 4. The Morgan fingerprint density at radius 1 is 1.12 bits per heavy atom. The highest BCUT2D eigenvalue weighted by Crippen LogP contribution is 2.25. The molecule has 6 heteroatoms.